The molecule has 0 aliphatic carbocycles. The second-order valence-corrected chi connectivity index (χ2v) is 7.27. The molecule has 7 nitrogen and oxygen atoms in total. The van der Waals surface area contributed by atoms with Crippen LogP contribution in [0.2, 0.25) is 0 Å². The predicted octanol–water partition coefficient (Wildman–Crippen LogP) is 0.837. The van der Waals surface area contributed by atoms with E-state index in [1.54, 1.807) is 20.8 Å². The van der Waals surface area contributed by atoms with Crippen LogP contribution in [0, 0.1) is 0 Å². The lowest BCUT2D eigenvalue weighted by Gasteiger charge is -2.23. The van der Waals surface area contributed by atoms with E-state index in [0.717, 1.165) is 4.68 Å². The zero-order valence-corrected chi connectivity index (χ0v) is 14.2. The molecule has 1 aromatic rings. The van der Waals surface area contributed by atoms with Crippen molar-refractivity contribution < 1.29 is 9.59 Å². The van der Waals surface area contributed by atoms with E-state index in [1.165, 1.54) is 13.2 Å². The number of amides is 2. The van der Waals surface area contributed by atoms with Crippen LogP contribution in [-0.2, 0) is 7.05 Å². The lowest BCUT2D eigenvalue weighted by molar-refractivity contribution is 0.0880. The van der Waals surface area contributed by atoms with Gasteiger partial charge in [-0.25, -0.2) is 4.68 Å². The molecular formula is C15H24N4O3. The standard InChI is InChI=1S/C15H24N4O3/c1-14(2,3)17-11(20)9-8-16-19(7)13(22)10(9)12(21)18-15(4,5)6/h8H,1-7H3,(H,17,20)(H,18,21). The van der Waals surface area contributed by atoms with Crippen LogP contribution in [0.1, 0.15) is 62.3 Å². The number of nitrogens with one attached hydrogen (secondary N) is 2. The van der Waals surface area contributed by atoms with Crippen LogP contribution < -0.4 is 16.2 Å². The molecule has 7 heteroatoms. The summed E-state index contributed by atoms with van der Waals surface area (Å²) in [6.07, 6.45) is 1.24. The molecule has 0 atom stereocenters. The lowest BCUT2D eigenvalue weighted by atomic mass is 10.0. The highest BCUT2D eigenvalue weighted by Gasteiger charge is 2.27. The van der Waals surface area contributed by atoms with Gasteiger partial charge in [-0.05, 0) is 41.5 Å². The topological polar surface area (TPSA) is 93.1 Å². The molecule has 0 aliphatic heterocycles. The van der Waals surface area contributed by atoms with Gasteiger partial charge in [0.15, 0.2) is 0 Å². The van der Waals surface area contributed by atoms with Gasteiger partial charge in [0.25, 0.3) is 17.4 Å². The molecule has 1 heterocycles. The molecular weight excluding hydrogens is 284 g/mol. The van der Waals surface area contributed by atoms with Gasteiger partial charge in [-0.2, -0.15) is 5.10 Å². The molecule has 1 rings (SSSR count). The number of nitrogens with zero attached hydrogens (tertiary/aromatic N) is 2. The summed E-state index contributed by atoms with van der Waals surface area (Å²) in [5.74, 6) is -1.09. The highest BCUT2D eigenvalue weighted by molar-refractivity contribution is 6.07. The first-order valence-electron chi connectivity index (χ1n) is 7.03. The Morgan fingerprint density at radius 3 is 1.91 bits per heavy atom. The quantitative estimate of drug-likeness (QED) is 0.846. The zero-order chi connectivity index (χ0) is 17.3. The summed E-state index contributed by atoms with van der Waals surface area (Å²) in [5, 5.41) is 9.27. The molecule has 0 radical (unpaired) electrons. The number of hydrogen-bond donors (Lipinski definition) is 2. The van der Waals surface area contributed by atoms with Crippen molar-refractivity contribution in [1.29, 1.82) is 0 Å². The lowest BCUT2D eigenvalue weighted by Crippen LogP contribution is -2.46. The third-order valence-electron chi connectivity index (χ3n) is 2.59. The molecule has 0 unspecified atom stereocenters. The SMILES string of the molecule is Cn1ncc(C(=O)NC(C)(C)C)c(C(=O)NC(C)(C)C)c1=O. The van der Waals surface area contributed by atoms with Gasteiger partial charge in [0.05, 0.1) is 11.8 Å². The van der Waals surface area contributed by atoms with E-state index in [9.17, 15) is 14.4 Å². The van der Waals surface area contributed by atoms with Crippen LogP contribution in [0.25, 0.3) is 0 Å². The largest absolute Gasteiger partial charge is 0.347 e. The van der Waals surface area contributed by atoms with E-state index in [2.05, 4.69) is 15.7 Å². The maximum atomic E-state index is 12.4. The molecule has 0 bridgehead atoms. The molecule has 22 heavy (non-hydrogen) atoms. The third kappa shape index (κ3) is 4.68. The summed E-state index contributed by atoms with van der Waals surface area (Å²) >= 11 is 0. The molecule has 0 saturated carbocycles. The Kier molecular flexibility index (Phi) is 4.79. The Hall–Kier alpha value is -2.18. The second kappa shape index (κ2) is 5.90. The smallest absolute Gasteiger partial charge is 0.280 e. The highest BCUT2D eigenvalue weighted by atomic mass is 16.2. The van der Waals surface area contributed by atoms with Crippen LogP contribution in [0.3, 0.4) is 0 Å². The van der Waals surface area contributed by atoms with Gasteiger partial charge in [0.1, 0.15) is 5.56 Å². The van der Waals surface area contributed by atoms with Gasteiger partial charge in [-0.1, -0.05) is 0 Å². The summed E-state index contributed by atoms with van der Waals surface area (Å²) in [4.78, 5) is 37.0. The third-order valence-corrected chi connectivity index (χ3v) is 2.59. The molecule has 1 aromatic heterocycles. The van der Waals surface area contributed by atoms with E-state index in [-0.39, 0.29) is 11.1 Å². The van der Waals surface area contributed by atoms with Crippen molar-refractivity contribution >= 4 is 11.8 Å². The van der Waals surface area contributed by atoms with E-state index >= 15 is 0 Å². The summed E-state index contributed by atoms with van der Waals surface area (Å²) < 4.78 is 1.03. The fourth-order valence-electron chi connectivity index (χ4n) is 1.74. The first kappa shape index (κ1) is 17.9. The summed E-state index contributed by atoms with van der Waals surface area (Å²) in [7, 11) is 1.43. The monoisotopic (exact) mass is 308 g/mol. The normalized spacial score (nSPS) is 12.0. The van der Waals surface area contributed by atoms with Gasteiger partial charge in [-0.3, -0.25) is 14.4 Å². The van der Waals surface area contributed by atoms with Crippen molar-refractivity contribution in [3.63, 3.8) is 0 Å². The number of carbonyl (C=O) groups excluding carboxylic acids is 2. The summed E-state index contributed by atoms with van der Waals surface area (Å²) in [5.41, 5.74) is -1.85. The minimum atomic E-state index is -0.608. The number of aromatic nitrogens is 2. The number of hydrogen-bond acceptors (Lipinski definition) is 4. The van der Waals surface area contributed by atoms with E-state index in [4.69, 9.17) is 0 Å². The minimum Gasteiger partial charge on any atom is -0.347 e. The van der Waals surface area contributed by atoms with Gasteiger partial charge < -0.3 is 10.6 Å². The Morgan fingerprint density at radius 1 is 1.00 bits per heavy atom. The van der Waals surface area contributed by atoms with Crippen molar-refractivity contribution in [3.8, 4) is 0 Å². The average Bonchev–Trinajstić information content (AvgIpc) is 2.27. The summed E-state index contributed by atoms with van der Waals surface area (Å²) in [6.45, 7) is 10.8. The number of rotatable bonds is 2. The fourth-order valence-corrected chi connectivity index (χ4v) is 1.74. The van der Waals surface area contributed by atoms with Crippen molar-refractivity contribution in [1.82, 2.24) is 20.4 Å². The van der Waals surface area contributed by atoms with E-state index in [0.29, 0.717) is 0 Å². The molecule has 0 saturated heterocycles. The van der Waals surface area contributed by atoms with E-state index < -0.39 is 28.5 Å². The van der Waals surface area contributed by atoms with Gasteiger partial charge in [0, 0.05) is 18.1 Å². The Labute approximate surface area is 130 Å². The number of aryl methyl sites for hydroxylation is 1. The van der Waals surface area contributed by atoms with Crippen molar-refractivity contribution in [3.05, 3.63) is 27.7 Å². The van der Waals surface area contributed by atoms with Crippen molar-refractivity contribution in [2.24, 2.45) is 7.05 Å². The number of carbonyl (C=O) groups is 2. The zero-order valence-electron chi connectivity index (χ0n) is 14.2. The first-order valence-corrected chi connectivity index (χ1v) is 7.03. The maximum Gasteiger partial charge on any atom is 0.280 e. The van der Waals surface area contributed by atoms with Crippen LogP contribution >= 0.6 is 0 Å². The molecule has 2 N–H and O–H groups in total. The average molecular weight is 308 g/mol. The van der Waals surface area contributed by atoms with E-state index in [1.807, 2.05) is 20.8 Å². The highest BCUT2D eigenvalue weighted by Crippen LogP contribution is 2.08. The van der Waals surface area contributed by atoms with Crippen molar-refractivity contribution in [2.45, 2.75) is 52.6 Å². The van der Waals surface area contributed by atoms with Gasteiger partial charge in [0.2, 0.25) is 0 Å². The molecule has 0 aromatic carbocycles. The first-order chi connectivity index (χ1) is 9.82. The van der Waals surface area contributed by atoms with Crippen LogP contribution in [0.4, 0.5) is 0 Å². The summed E-state index contributed by atoms with van der Waals surface area (Å²) in [6, 6.07) is 0. The van der Waals surface area contributed by atoms with Crippen molar-refractivity contribution in [2.75, 3.05) is 0 Å². The molecule has 122 valence electrons. The maximum absolute atomic E-state index is 12.4. The minimum absolute atomic E-state index is 0.0280. The van der Waals surface area contributed by atoms with Gasteiger partial charge >= 0.3 is 0 Å². The second-order valence-electron chi connectivity index (χ2n) is 7.27. The molecule has 0 spiro atoms. The molecule has 0 fully saturated rings. The van der Waals surface area contributed by atoms with Crippen LogP contribution in [-0.4, -0.2) is 32.7 Å². The fraction of sp³-hybridized carbons (Fsp3) is 0.600. The predicted molar refractivity (Wildman–Crippen MR) is 83.9 cm³/mol. The Morgan fingerprint density at radius 2 is 1.45 bits per heavy atom. The van der Waals surface area contributed by atoms with Crippen LogP contribution in [0.5, 0.6) is 0 Å². The molecule has 0 aliphatic rings. The Bertz CT molecular complexity index is 648. The van der Waals surface area contributed by atoms with Gasteiger partial charge in [-0.15, -0.1) is 0 Å². The van der Waals surface area contributed by atoms with Crippen LogP contribution in [0.15, 0.2) is 11.0 Å². The Balaban J connectivity index is 3.36. The molecule has 2 amide bonds.